The number of rotatable bonds is 5. The van der Waals surface area contributed by atoms with E-state index in [4.69, 9.17) is 10.2 Å². The van der Waals surface area contributed by atoms with Crippen molar-refractivity contribution < 1.29 is 19.8 Å². The van der Waals surface area contributed by atoms with Gasteiger partial charge < -0.3 is 20.8 Å². The van der Waals surface area contributed by atoms with E-state index in [1.54, 1.807) is 12.1 Å². The van der Waals surface area contributed by atoms with Crippen LogP contribution >= 0.6 is 0 Å². The Morgan fingerprint density at radius 3 is 2.42 bits per heavy atom. The second-order valence-electron chi connectivity index (χ2n) is 4.65. The summed E-state index contributed by atoms with van der Waals surface area (Å²) in [5.41, 5.74) is 0.733. The number of carboxylic acids is 1. The van der Waals surface area contributed by atoms with Gasteiger partial charge in [0.2, 0.25) is 0 Å². The minimum Gasteiger partial charge on any atom is -0.508 e. The number of aliphatic carboxylic acids is 1. The maximum Gasteiger partial charge on any atom is 0.326 e. The van der Waals surface area contributed by atoms with Crippen LogP contribution < -0.4 is 10.6 Å². The van der Waals surface area contributed by atoms with Gasteiger partial charge in [0.15, 0.2) is 0 Å². The van der Waals surface area contributed by atoms with E-state index in [-0.39, 0.29) is 18.2 Å². The van der Waals surface area contributed by atoms with Gasteiger partial charge >= 0.3 is 12.0 Å². The molecule has 19 heavy (non-hydrogen) atoms. The largest absolute Gasteiger partial charge is 0.508 e. The van der Waals surface area contributed by atoms with Crippen molar-refractivity contribution in [2.24, 2.45) is 0 Å². The summed E-state index contributed by atoms with van der Waals surface area (Å²) in [6, 6.07) is 4.98. The van der Waals surface area contributed by atoms with Crippen molar-refractivity contribution in [3.8, 4) is 5.75 Å². The molecule has 102 valence electrons. The van der Waals surface area contributed by atoms with Gasteiger partial charge in [-0.15, -0.1) is 0 Å². The number of carbonyl (C=O) groups excluding carboxylic acids is 1. The molecule has 6 nitrogen and oxygen atoms in total. The summed E-state index contributed by atoms with van der Waals surface area (Å²) in [5.74, 6) is -0.964. The van der Waals surface area contributed by atoms with E-state index in [0.717, 1.165) is 18.4 Å². The molecule has 1 saturated carbocycles. The second kappa shape index (κ2) is 5.60. The van der Waals surface area contributed by atoms with E-state index < -0.39 is 18.0 Å². The molecule has 1 fully saturated rings. The Hall–Kier alpha value is -2.24. The van der Waals surface area contributed by atoms with Crippen molar-refractivity contribution in [3.05, 3.63) is 29.8 Å². The van der Waals surface area contributed by atoms with Crippen LogP contribution in [0.15, 0.2) is 24.3 Å². The molecule has 1 aliphatic carbocycles. The first kappa shape index (κ1) is 13.2. The number of nitrogens with one attached hydrogen (secondary N) is 2. The summed E-state index contributed by atoms with van der Waals surface area (Å²) in [5, 5.41) is 23.4. The molecular weight excluding hydrogens is 248 g/mol. The van der Waals surface area contributed by atoms with Crippen molar-refractivity contribution in [1.82, 2.24) is 10.6 Å². The summed E-state index contributed by atoms with van der Waals surface area (Å²) in [4.78, 5) is 22.6. The molecule has 2 amide bonds. The molecular formula is C13H16N2O4. The van der Waals surface area contributed by atoms with Gasteiger partial charge in [-0.05, 0) is 30.5 Å². The van der Waals surface area contributed by atoms with Crippen LogP contribution in [-0.2, 0) is 11.2 Å². The molecule has 4 N–H and O–H groups in total. The standard InChI is InChI=1S/C13H16N2O4/c16-10-5-1-8(2-6-10)7-11(12(17)18)15-13(19)14-9-3-4-9/h1-2,5-6,9,11,16H,3-4,7H2,(H,17,18)(H2,14,15,19)/t11-/m1/s1. The number of hydrogen-bond donors (Lipinski definition) is 4. The molecule has 1 atom stereocenters. The highest BCUT2D eigenvalue weighted by atomic mass is 16.4. The summed E-state index contributed by atoms with van der Waals surface area (Å²) in [6.45, 7) is 0. The first-order valence-electron chi connectivity index (χ1n) is 6.12. The van der Waals surface area contributed by atoms with Crippen molar-refractivity contribution in [1.29, 1.82) is 0 Å². The molecule has 1 aromatic rings. The molecule has 6 heteroatoms. The van der Waals surface area contributed by atoms with Gasteiger partial charge in [0.1, 0.15) is 11.8 Å². The van der Waals surface area contributed by atoms with E-state index in [0.29, 0.717) is 0 Å². The minimum atomic E-state index is -1.08. The molecule has 0 unspecified atom stereocenters. The lowest BCUT2D eigenvalue weighted by Crippen LogP contribution is -2.47. The molecule has 1 aromatic carbocycles. The molecule has 0 heterocycles. The number of carboxylic acid groups (broad SMARTS) is 1. The maximum absolute atomic E-state index is 11.5. The fraction of sp³-hybridized carbons (Fsp3) is 0.385. The Bertz CT molecular complexity index is 468. The van der Waals surface area contributed by atoms with Crippen LogP contribution in [0.1, 0.15) is 18.4 Å². The van der Waals surface area contributed by atoms with E-state index in [2.05, 4.69) is 10.6 Å². The Kier molecular flexibility index (Phi) is 3.89. The Morgan fingerprint density at radius 2 is 1.89 bits per heavy atom. The lowest BCUT2D eigenvalue weighted by Gasteiger charge is -2.15. The number of amides is 2. The third-order valence-electron chi connectivity index (χ3n) is 2.89. The number of hydrogen-bond acceptors (Lipinski definition) is 3. The fourth-order valence-corrected chi connectivity index (χ4v) is 1.68. The van der Waals surface area contributed by atoms with E-state index in [1.165, 1.54) is 12.1 Å². The zero-order chi connectivity index (χ0) is 13.8. The Balaban J connectivity index is 1.93. The summed E-state index contributed by atoms with van der Waals surface area (Å²) >= 11 is 0. The van der Waals surface area contributed by atoms with Gasteiger partial charge in [0.05, 0.1) is 0 Å². The molecule has 1 aliphatic rings. The van der Waals surface area contributed by atoms with Crippen LogP contribution in [-0.4, -0.2) is 34.3 Å². The maximum atomic E-state index is 11.5. The highest BCUT2D eigenvalue weighted by molar-refractivity contribution is 5.83. The van der Waals surface area contributed by atoms with Crippen molar-refractivity contribution in [2.45, 2.75) is 31.3 Å². The minimum absolute atomic E-state index is 0.120. The van der Waals surface area contributed by atoms with E-state index in [9.17, 15) is 9.59 Å². The molecule has 0 aromatic heterocycles. The number of carbonyl (C=O) groups is 2. The Labute approximate surface area is 110 Å². The van der Waals surface area contributed by atoms with E-state index >= 15 is 0 Å². The van der Waals surface area contributed by atoms with Crippen molar-refractivity contribution in [3.63, 3.8) is 0 Å². The highest BCUT2D eigenvalue weighted by Gasteiger charge is 2.26. The van der Waals surface area contributed by atoms with Gasteiger partial charge in [-0.1, -0.05) is 12.1 Å². The SMILES string of the molecule is O=C(NC1CC1)N[C@H](Cc1ccc(O)cc1)C(=O)O. The number of phenols is 1. The first-order chi connectivity index (χ1) is 9.04. The number of benzene rings is 1. The van der Waals surface area contributed by atoms with Crippen LogP contribution in [0.4, 0.5) is 4.79 Å². The van der Waals surface area contributed by atoms with Gasteiger partial charge in [-0.3, -0.25) is 0 Å². The van der Waals surface area contributed by atoms with E-state index in [1.807, 2.05) is 0 Å². The molecule has 0 aliphatic heterocycles. The van der Waals surface area contributed by atoms with Gasteiger partial charge in [-0.2, -0.15) is 0 Å². The van der Waals surface area contributed by atoms with Crippen LogP contribution in [0.3, 0.4) is 0 Å². The third kappa shape index (κ3) is 4.17. The second-order valence-corrected chi connectivity index (χ2v) is 4.65. The predicted molar refractivity (Wildman–Crippen MR) is 67.9 cm³/mol. The lowest BCUT2D eigenvalue weighted by atomic mass is 10.1. The lowest BCUT2D eigenvalue weighted by molar-refractivity contribution is -0.139. The average Bonchev–Trinajstić information content (AvgIpc) is 3.14. The predicted octanol–water partition coefficient (Wildman–Crippen LogP) is 0.849. The normalized spacial score (nSPS) is 15.6. The monoisotopic (exact) mass is 264 g/mol. The quantitative estimate of drug-likeness (QED) is 0.633. The fourth-order valence-electron chi connectivity index (χ4n) is 1.68. The Morgan fingerprint density at radius 1 is 1.26 bits per heavy atom. The van der Waals surface area contributed by atoms with Crippen molar-refractivity contribution >= 4 is 12.0 Å². The number of aromatic hydroxyl groups is 1. The van der Waals surface area contributed by atoms with Gasteiger partial charge in [0, 0.05) is 12.5 Å². The van der Waals surface area contributed by atoms with Crippen LogP contribution in [0.2, 0.25) is 0 Å². The topological polar surface area (TPSA) is 98.7 Å². The number of urea groups is 1. The summed E-state index contributed by atoms with van der Waals surface area (Å²) in [6.07, 6.45) is 2.07. The first-order valence-corrected chi connectivity index (χ1v) is 6.12. The molecule has 2 rings (SSSR count). The van der Waals surface area contributed by atoms with Crippen LogP contribution in [0, 0.1) is 0 Å². The summed E-state index contributed by atoms with van der Waals surface area (Å²) < 4.78 is 0. The van der Waals surface area contributed by atoms with Crippen LogP contribution in [0.5, 0.6) is 5.75 Å². The third-order valence-corrected chi connectivity index (χ3v) is 2.89. The average molecular weight is 264 g/mol. The van der Waals surface area contributed by atoms with Gasteiger partial charge in [0.25, 0.3) is 0 Å². The van der Waals surface area contributed by atoms with Crippen molar-refractivity contribution in [2.75, 3.05) is 0 Å². The van der Waals surface area contributed by atoms with Gasteiger partial charge in [-0.25, -0.2) is 9.59 Å². The number of phenolic OH excluding ortho intramolecular Hbond substituents is 1. The summed E-state index contributed by atoms with van der Waals surface area (Å²) in [7, 11) is 0. The molecule has 0 saturated heterocycles. The molecule has 0 radical (unpaired) electrons. The molecule has 0 bridgehead atoms. The molecule has 0 spiro atoms. The highest BCUT2D eigenvalue weighted by Crippen LogP contribution is 2.18. The smallest absolute Gasteiger partial charge is 0.326 e. The zero-order valence-corrected chi connectivity index (χ0v) is 10.3. The zero-order valence-electron chi connectivity index (χ0n) is 10.3. The van der Waals surface area contributed by atoms with Crippen LogP contribution in [0.25, 0.3) is 0 Å².